The monoisotopic (exact) mass is 270 g/mol. The standard InChI is InChI=1S/C13H20ClN3O/c1-9(2)5-6-18-12-4-3-10(7-11(12)14)8-17-13(15)16/h3-4,7,9H,5-6,8H2,1-2H3,(H4,15,16,17)/p+1. The van der Waals surface area contributed by atoms with Crippen LogP contribution in [0.4, 0.5) is 0 Å². The second kappa shape index (κ2) is 7.11. The van der Waals surface area contributed by atoms with Crippen molar-refractivity contribution >= 4 is 17.6 Å². The van der Waals surface area contributed by atoms with Crippen LogP contribution in [0.3, 0.4) is 0 Å². The molecular weight excluding hydrogens is 250 g/mol. The predicted octanol–water partition coefficient (Wildman–Crippen LogP) is 0.619. The number of benzene rings is 1. The Morgan fingerprint density at radius 1 is 1.39 bits per heavy atom. The van der Waals surface area contributed by atoms with Gasteiger partial charge in [-0.3, -0.25) is 16.5 Å². The van der Waals surface area contributed by atoms with E-state index in [4.69, 9.17) is 27.8 Å². The van der Waals surface area contributed by atoms with Crippen LogP contribution in [-0.2, 0) is 6.54 Å². The van der Waals surface area contributed by atoms with Crippen LogP contribution in [0.2, 0.25) is 5.02 Å². The third kappa shape index (κ3) is 5.27. The quantitative estimate of drug-likeness (QED) is 0.524. The molecule has 5 N–H and O–H groups in total. The molecule has 0 saturated carbocycles. The van der Waals surface area contributed by atoms with Gasteiger partial charge < -0.3 is 4.74 Å². The van der Waals surface area contributed by atoms with Crippen molar-refractivity contribution in [3.63, 3.8) is 0 Å². The summed E-state index contributed by atoms with van der Waals surface area (Å²) in [6.45, 7) is 5.55. The summed E-state index contributed by atoms with van der Waals surface area (Å²) in [5, 5.41) is 0.605. The zero-order valence-electron chi connectivity index (χ0n) is 10.9. The van der Waals surface area contributed by atoms with Crippen molar-refractivity contribution in [2.24, 2.45) is 17.4 Å². The fourth-order valence-corrected chi connectivity index (χ4v) is 1.64. The molecule has 1 rings (SSSR count). The lowest BCUT2D eigenvalue weighted by molar-refractivity contribution is -0.477. The SMILES string of the molecule is CC(C)CCOc1ccc(C[NH+]=C(N)N)cc1Cl. The zero-order chi connectivity index (χ0) is 13.5. The number of nitrogens with two attached hydrogens (primary N) is 2. The minimum absolute atomic E-state index is 0.198. The average Bonchev–Trinajstić information content (AvgIpc) is 2.28. The maximum absolute atomic E-state index is 6.14. The van der Waals surface area contributed by atoms with Gasteiger partial charge in [0.1, 0.15) is 5.75 Å². The fraction of sp³-hybridized carbons (Fsp3) is 0.462. The molecule has 0 amide bonds. The van der Waals surface area contributed by atoms with Gasteiger partial charge in [0.2, 0.25) is 0 Å². The molecule has 1 aromatic rings. The molecule has 5 heteroatoms. The number of ether oxygens (including phenoxy) is 1. The Kier molecular flexibility index (Phi) is 5.78. The predicted molar refractivity (Wildman–Crippen MR) is 74.5 cm³/mol. The van der Waals surface area contributed by atoms with Crippen molar-refractivity contribution in [3.8, 4) is 5.75 Å². The van der Waals surface area contributed by atoms with Crippen molar-refractivity contribution in [2.75, 3.05) is 6.61 Å². The number of hydrogen-bond acceptors (Lipinski definition) is 1. The molecule has 0 aliphatic rings. The first-order valence-electron chi connectivity index (χ1n) is 6.02. The molecule has 0 aliphatic heterocycles. The van der Waals surface area contributed by atoms with E-state index in [0.29, 0.717) is 29.8 Å². The topological polar surface area (TPSA) is 75.2 Å². The van der Waals surface area contributed by atoms with Gasteiger partial charge in [0.15, 0.2) is 0 Å². The number of hydrogen-bond donors (Lipinski definition) is 3. The minimum Gasteiger partial charge on any atom is -0.492 e. The fourth-order valence-electron chi connectivity index (χ4n) is 1.38. The first kappa shape index (κ1) is 14.6. The molecule has 0 fully saturated rings. The summed E-state index contributed by atoms with van der Waals surface area (Å²) in [5.74, 6) is 1.53. The van der Waals surface area contributed by atoms with Crippen molar-refractivity contribution in [1.82, 2.24) is 0 Å². The van der Waals surface area contributed by atoms with Gasteiger partial charge >= 0.3 is 5.96 Å². The summed E-state index contributed by atoms with van der Waals surface area (Å²) in [6.07, 6.45) is 1.01. The van der Waals surface area contributed by atoms with E-state index >= 15 is 0 Å². The summed E-state index contributed by atoms with van der Waals surface area (Å²) in [7, 11) is 0. The molecule has 0 atom stereocenters. The largest absolute Gasteiger partial charge is 0.492 e. The first-order valence-corrected chi connectivity index (χ1v) is 6.40. The molecule has 0 aliphatic carbocycles. The van der Waals surface area contributed by atoms with Gasteiger partial charge in [-0.1, -0.05) is 31.5 Å². The van der Waals surface area contributed by atoms with E-state index in [2.05, 4.69) is 18.8 Å². The highest BCUT2D eigenvalue weighted by atomic mass is 35.5. The summed E-state index contributed by atoms with van der Waals surface area (Å²) in [4.78, 5) is 2.84. The Morgan fingerprint density at radius 3 is 2.67 bits per heavy atom. The van der Waals surface area contributed by atoms with E-state index in [1.54, 1.807) is 0 Å². The highest BCUT2D eigenvalue weighted by molar-refractivity contribution is 6.32. The maximum atomic E-state index is 6.14. The summed E-state index contributed by atoms with van der Waals surface area (Å²) in [5.41, 5.74) is 11.7. The third-order valence-corrected chi connectivity index (χ3v) is 2.74. The molecule has 0 heterocycles. The Hall–Kier alpha value is -1.42. The highest BCUT2D eigenvalue weighted by Gasteiger charge is 2.04. The third-order valence-electron chi connectivity index (χ3n) is 2.45. The van der Waals surface area contributed by atoms with E-state index < -0.39 is 0 Å². The molecular formula is C13H21ClN3O+. The normalized spacial score (nSPS) is 10.4. The summed E-state index contributed by atoms with van der Waals surface area (Å²) in [6, 6.07) is 5.65. The number of halogens is 1. The molecule has 0 unspecified atom stereocenters. The van der Waals surface area contributed by atoms with Gasteiger partial charge in [-0.25, -0.2) is 0 Å². The van der Waals surface area contributed by atoms with Gasteiger partial charge in [-0.05, 0) is 30.0 Å². The lowest BCUT2D eigenvalue weighted by Crippen LogP contribution is -2.76. The van der Waals surface area contributed by atoms with Crippen LogP contribution < -0.4 is 21.2 Å². The molecule has 0 spiro atoms. The minimum atomic E-state index is 0.198. The van der Waals surface area contributed by atoms with E-state index in [0.717, 1.165) is 12.0 Å². The van der Waals surface area contributed by atoms with Gasteiger partial charge in [-0.15, -0.1) is 0 Å². The van der Waals surface area contributed by atoms with E-state index in [1.807, 2.05) is 18.2 Å². The van der Waals surface area contributed by atoms with Crippen molar-refractivity contribution in [1.29, 1.82) is 0 Å². The van der Waals surface area contributed by atoms with E-state index in [9.17, 15) is 0 Å². The van der Waals surface area contributed by atoms with Crippen LogP contribution in [0, 0.1) is 5.92 Å². The Morgan fingerprint density at radius 2 is 2.11 bits per heavy atom. The molecule has 100 valence electrons. The summed E-state index contributed by atoms with van der Waals surface area (Å²) < 4.78 is 5.62. The number of rotatable bonds is 6. The van der Waals surface area contributed by atoms with Gasteiger partial charge in [0, 0.05) is 0 Å². The van der Waals surface area contributed by atoms with E-state index in [-0.39, 0.29) is 5.96 Å². The van der Waals surface area contributed by atoms with Crippen molar-refractivity contribution < 1.29 is 9.73 Å². The second-order valence-electron chi connectivity index (χ2n) is 4.60. The van der Waals surface area contributed by atoms with Crippen LogP contribution in [0.15, 0.2) is 18.2 Å². The van der Waals surface area contributed by atoms with Crippen LogP contribution in [0.1, 0.15) is 25.8 Å². The molecule has 1 aromatic carbocycles. The molecule has 0 aromatic heterocycles. The van der Waals surface area contributed by atoms with Crippen molar-refractivity contribution in [3.05, 3.63) is 28.8 Å². The summed E-state index contributed by atoms with van der Waals surface area (Å²) >= 11 is 6.14. The van der Waals surface area contributed by atoms with Gasteiger partial charge in [0.05, 0.1) is 18.2 Å². The maximum Gasteiger partial charge on any atom is 0.339 e. The Bertz CT molecular complexity index is 415. The highest BCUT2D eigenvalue weighted by Crippen LogP contribution is 2.25. The first-order chi connectivity index (χ1) is 8.49. The molecule has 4 nitrogen and oxygen atoms in total. The van der Waals surface area contributed by atoms with E-state index in [1.165, 1.54) is 0 Å². The van der Waals surface area contributed by atoms with Crippen LogP contribution >= 0.6 is 11.6 Å². The average molecular weight is 271 g/mol. The molecule has 18 heavy (non-hydrogen) atoms. The zero-order valence-corrected chi connectivity index (χ0v) is 11.6. The van der Waals surface area contributed by atoms with Crippen LogP contribution in [-0.4, -0.2) is 12.6 Å². The smallest absolute Gasteiger partial charge is 0.339 e. The lowest BCUT2D eigenvalue weighted by atomic mass is 10.1. The molecule has 0 bridgehead atoms. The van der Waals surface area contributed by atoms with Gasteiger partial charge in [-0.2, -0.15) is 0 Å². The van der Waals surface area contributed by atoms with Crippen LogP contribution in [0.25, 0.3) is 0 Å². The van der Waals surface area contributed by atoms with Gasteiger partial charge in [0.25, 0.3) is 0 Å². The second-order valence-corrected chi connectivity index (χ2v) is 5.01. The lowest BCUT2D eigenvalue weighted by Gasteiger charge is -2.10. The Labute approximate surface area is 113 Å². The molecule has 0 radical (unpaired) electrons. The number of nitrogens with one attached hydrogen (secondary N) is 1. The number of guanidine groups is 1. The van der Waals surface area contributed by atoms with Crippen LogP contribution in [0.5, 0.6) is 5.75 Å². The van der Waals surface area contributed by atoms with Crippen molar-refractivity contribution in [2.45, 2.75) is 26.8 Å². The Balaban J connectivity index is 2.59. The molecule has 0 saturated heterocycles.